The third-order valence-corrected chi connectivity index (χ3v) is 4.05. The zero-order valence-corrected chi connectivity index (χ0v) is 11.2. The fourth-order valence-corrected chi connectivity index (χ4v) is 3.03. The smallest absolute Gasteiger partial charge is 0.308 e. The van der Waals surface area contributed by atoms with Crippen molar-refractivity contribution in [3.8, 4) is 0 Å². The third-order valence-electron chi connectivity index (χ3n) is 4.05. The van der Waals surface area contributed by atoms with E-state index in [-0.39, 0.29) is 24.8 Å². The summed E-state index contributed by atoms with van der Waals surface area (Å²) in [4.78, 5) is 23.1. The molecule has 104 valence electrons. The average molecular weight is 272 g/mol. The molecule has 2 aromatic rings. The van der Waals surface area contributed by atoms with Crippen LogP contribution >= 0.6 is 0 Å². The van der Waals surface area contributed by atoms with Gasteiger partial charge in [0.1, 0.15) is 0 Å². The van der Waals surface area contributed by atoms with Gasteiger partial charge in [-0.3, -0.25) is 9.59 Å². The van der Waals surface area contributed by atoms with Gasteiger partial charge in [0.2, 0.25) is 5.91 Å². The highest BCUT2D eigenvalue weighted by Gasteiger charge is 2.36. The van der Waals surface area contributed by atoms with Gasteiger partial charge in [-0.1, -0.05) is 18.2 Å². The second-order valence-corrected chi connectivity index (χ2v) is 5.27. The first-order valence-electron chi connectivity index (χ1n) is 6.61. The molecule has 1 aliphatic rings. The second kappa shape index (κ2) is 4.67. The predicted octanol–water partition coefficient (Wildman–Crippen LogP) is 1.48. The van der Waals surface area contributed by atoms with Crippen molar-refractivity contribution >= 4 is 22.8 Å². The van der Waals surface area contributed by atoms with Gasteiger partial charge in [0.25, 0.3) is 0 Å². The first kappa shape index (κ1) is 12.7. The van der Waals surface area contributed by atoms with E-state index in [4.69, 9.17) is 0 Å². The zero-order valence-electron chi connectivity index (χ0n) is 11.2. The van der Waals surface area contributed by atoms with Crippen LogP contribution in [0.25, 0.3) is 10.9 Å². The standard InChI is InChI=1S/C15H16N2O3/c1-17-8-12(9-4-2-3-5-13(9)17)10-6-14(18)16-7-11(10)15(19)20/h2-5,8,10-11H,6-7H2,1H3,(H,16,18)(H,19,20). The molecule has 1 saturated heterocycles. The Labute approximate surface area is 116 Å². The molecule has 0 aliphatic carbocycles. The number of fused-ring (bicyclic) bond motifs is 1. The summed E-state index contributed by atoms with van der Waals surface area (Å²) in [6.07, 6.45) is 2.18. The van der Waals surface area contributed by atoms with Crippen LogP contribution in [0.4, 0.5) is 0 Å². The Balaban J connectivity index is 2.12. The molecule has 1 fully saturated rings. The maximum atomic E-state index is 11.6. The maximum absolute atomic E-state index is 11.6. The van der Waals surface area contributed by atoms with Crippen molar-refractivity contribution in [3.63, 3.8) is 0 Å². The number of carbonyl (C=O) groups excluding carboxylic acids is 1. The number of hydrogen-bond acceptors (Lipinski definition) is 2. The molecule has 2 atom stereocenters. The van der Waals surface area contributed by atoms with E-state index in [0.29, 0.717) is 0 Å². The number of hydrogen-bond donors (Lipinski definition) is 2. The second-order valence-electron chi connectivity index (χ2n) is 5.27. The summed E-state index contributed by atoms with van der Waals surface area (Å²) in [6, 6.07) is 7.87. The zero-order chi connectivity index (χ0) is 14.3. The Hall–Kier alpha value is -2.30. The summed E-state index contributed by atoms with van der Waals surface area (Å²) in [6.45, 7) is 0.196. The summed E-state index contributed by atoms with van der Waals surface area (Å²) in [7, 11) is 1.94. The quantitative estimate of drug-likeness (QED) is 0.870. The van der Waals surface area contributed by atoms with E-state index in [0.717, 1.165) is 16.5 Å². The van der Waals surface area contributed by atoms with Gasteiger partial charge in [0.15, 0.2) is 0 Å². The summed E-state index contributed by atoms with van der Waals surface area (Å²) in [5, 5.41) is 13.0. The first-order valence-corrected chi connectivity index (χ1v) is 6.61. The van der Waals surface area contributed by atoms with Crippen LogP contribution in [0.1, 0.15) is 17.9 Å². The molecule has 2 heterocycles. The molecule has 20 heavy (non-hydrogen) atoms. The number of piperidine rings is 1. The molecule has 5 nitrogen and oxygen atoms in total. The summed E-state index contributed by atoms with van der Waals surface area (Å²) < 4.78 is 1.98. The lowest BCUT2D eigenvalue weighted by molar-refractivity contribution is -0.144. The number of aryl methyl sites for hydroxylation is 1. The largest absolute Gasteiger partial charge is 0.481 e. The molecule has 0 spiro atoms. The van der Waals surface area contributed by atoms with Gasteiger partial charge in [-0.05, 0) is 11.6 Å². The van der Waals surface area contributed by atoms with E-state index in [9.17, 15) is 14.7 Å². The van der Waals surface area contributed by atoms with Gasteiger partial charge in [0.05, 0.1) is 5.92 Å². The average Bonchev–Trinajstić information content (AvgIpc) is 2.76. The minimum Gasteiger partial charge on any atom is -0.481 e. The van der Waals surface area contributed by atoms with Gasteiger partial charge in [-0.2, -0.15) is 0 Å². The first-order chi connectivity index (χ1) is 9.58. The van der Waals surface area contributed by atoms with Crippen LogP contribution in [-0.2, 0) is 16.6 Å². The molecular formula is C15H16N2O3. The number of benzene rings is 1. The Morgan fingerprint density at radius 3 is 2.90 bits per heavy atom. The van der Waals surface area contributed by atoms with Crippen molar-refractivity contribution in [2.45, 2.75) is 12.3 Å². The minimum absolute atomic E-state index is 0.0829. The molecule has 1 aliphatic heterocycles. The molecule has 2 N–H and O–H groups in total. The van der Waals surface area contributed by atoms with Crippen LogP contribution in [0.15, 0.2) is 30.5 Å². The summed E-state index contributed by atoms with van der Waals surface area (Å²) >= 11 is 0. The Bertz CT molecular complexity index is 689. The highest BCUT2D eigenvalue weighted by atomic mass is 16.4. The van der Waals surface area contributed by atoms with Crippen LogP contribution in [0.2, 0.25) is 0 Å². The molecule has 0 radical (unpaired) electrons. The Morgan fingerprint density at radius 1 is 1.40 bits per heavy atom. The minimum atomic E-state index is -0.858. The molecule has 1 aromatic carbocycles. The fourth-order valence-electron chi connectivity index (χ4n) is 3.03. The number of carboxylic acid groups (broad SMARTS) is 1. The molecule has 1 amide bonds. The van der Waals surface area contributed by atoms with E-state index in [1.54, 1.807) is 0 Å². The van der Waals surface area contributed by atoms with Crippen molar-refractivity contribution in [2.75, 3.05) is 6.54 Å². The van der Waals surface area contributed by atoms with Crippen molar-refractivity contribution in [3.05, 3.63) is 36.0 Å². The van der Waals surface area contributed by atoms with Crippen LogP contribution in [0.5, 0.6) is 0 Å². The Kier molecular flexibility index (Phi) is 2.97. The molecule has 1 aromatic heterocycles. The molecule has 0 saturated carbocycles. The predicted molar refractivity (Wildman–Crippen MR) is 74.4 cm³/mol. The normalized spacial score (nSPS) is 22.8. The monoisotopic (exact) mass is 272 g/mol. The number of carbonyl (C=O) groups is 2. The maximum Gasteiger partial charge on any atom is 0.308 e. The molecular weight excluding hydrogens is 256 g/mol. The highest BCUT2D eigenvalue weighted by Crippen LogP contribution is 2.36. The number of rotatable bonds is 2. The van der Waals surface area contributed by atoms with E-state index < -0.39 is 11.9 Å². The molecule has 5 heteroatoms. The number of aromatic nitrogens is 1. The number of amides is 1. The SMILES string of the molecule is Cn1cc(C2CC(=O)NCC2C(=O)O)c2ccccc21. The lowest BCUT2D eigenvalue weighted by Gasteiger charge is -2.28. The van der Waals surface area contributed by atoms with E-state index >= 15 is 0 Å². The van der Waals surface area contributed by atoms with Crippen molar-refractivity contribution in [2.24, 2.45) is 13.0 Å². The van der Waals surface area contributed by atoms with E-state index in [1.165, 1.54) is 0 Å². The number of aliphatic carboxylic acids is 1. The number of nitrogens with zero attached hydrogens (tertiary/aromatic N) is 1. The summed E-state index contributed by atoms with van der Waals surface area (Å²) in [5.74, 6) is -1.78. The van der Waals surface area contributed by atoms with E-state index in [1.807, 2.05) is 42.1 Å². The van der Waals surface area contributed by atoms with Crippen LogP contribution in [0, 0.1) is 5.92 Å². The van der Waals surface area contributed by atoms with Crippen molar-refractivity contribution < 1.29 is 14.7 Å². The Morgan fingerprint density at radius 2 is 2.15 bits per heavy atom. The number of para-hydroxylation sites is 1. The molecule has 3 rings (SSSR count). The van der Waals surface area contributed by atoms with Gasteiger partial charge in [-0.25, -0.2) is 0 Å². The van der Waals surface area contributed by atoms with Crippen LogP contribution in [0.3, 0.4) is 0 Å². The van der Waals surface area contributed by atoms with Crippen LogP contribution in [-0.4, -0.2) is 28.1 Å². The number of carboxylic acids is 1. The van der Waals surface area contributed by atoms with Gasteiger partial charge in [0, 0.05) is 43.0 Å². The van der Waals surface area contributed by atoms with Gasteiger partial charge in [-0.15, -0.1) is 0 Å². The molecule has 0 bridgehead atoms. The van der Waals surface area contributed by atoms with Crippen molar-refractivity contribution in [1.29, 1.82) is 0 Å². The lowest BCUT2D eigenvalue weighted by Crippen LogP contribution is -2.43. The fraction of sp³-hybridized carbons (Fsp3) is 0.333. The van der Waals surface area contributed by atoms with Crippen LogP contribution < -0.4 is 5.32 Å². The third kappa shape index (κ3) is 1.95. The van der Waals surface area contributed by atoms with E-state index in [2.05, 4.69) is 5.32 Å². The highest BCUT2D eigenvalue weighted by molar-refractivity contribution is 5.88. The van der Waals surface area contributed by atoms with Crippen molar-refractivity contribution in [1.82, 2.24) is 9.88 Å². The topological polar surface area (TPSA) is 71.3 Å². The summed E-state index contributed by atoms with van der Waals surface area (Å²) in [5.41, 5.74) is 2.00. The number of nitrogens with one attached hydrogen (secondary N) is 1. The molecule has 2 unspecified atom stereocenters. The van der Waals surface area contributed by atoms with Gasteiger partial charge < -0.3 is 15.0 Å². The lowest BCUT2D eigenvalue weighted by atomic mass is 9.81. The van der Waals surface area contributed by atoms with Gasteiger partial charge >= 0.3 is 5.97 Å².